The van der Waals surface area contributed by atoms with E-state index < -0.39 is 15.9 Å². The Balaban J connectivity index is 1.99. The maximum absolute atomic E-state index is 12.6. The molecule has 0 aliphatic carbocycles. The van der Waals surface area contributed by atoms with Gasteiger partial charge < -0.3 is 14.8 Å². The van der Waals surface area contributed by atoms with Crippen molar-refractivity contribution in [3.63, 3.8) is 0 Å². The van der Waals surface area contributed by atoms with E-state index in [1.54, 1.807) is 51.3 Å². The van der Waals surface area contributed by atoms with Gasteiger partial charge in [-0.25, -0.2) is 8.42 Å². The van der Waals surface area contributed by atoms with Crippen molar-refractivity contribution >= 4 is 54.9 Å². The number of benzene rings is 2. The molecule has 0 heterocycles. The Morgan fingerprint density at radius 2 is 1.75 bits per heavy atom. The predicted octanol–water partition coefficient (Wildman–Crippen LogP) is 3.63. The number of nitrogens with zero attached hydrogens (tertiary/aromatic N) is 1. The van der Waals surface area contributed by atoms with Crippen LogP contribution in [0.2, 0.25) is 0 Å². The van der Waals surface area contributed by atoms with Gasteiger partial charge in [0.05, 0.1) is 16.0 Å². The third-order valence-corrected chi connectivity index (χ3v) is 7.31. The molecule has 0 radical (unpaired) electrons. The fraction of sp³-hybridized carbons (Fsp3) is 0.333. The van der Waals surface area contributed by atoms with Crippen LogP contribution in [0.3, 0.4) is 0 Å². The van der Waals surface area contributed by atoms with Crippen LogP contribution >= 0.6 is 28.1 Å². The Hall–Kier alpha value is -2.05. The molecule has 0 aliphatic rings. The number of thiocarbonyl (C=S) groups is 1. The van der Waals surface area contributed by atoms with Crippen LogP contribution in [0.25, 0.3) is 0 Å². The highest BCUT2D eigenvalue weighted by Gasteiger charge is 2.21. The highest BCUT2D eigenvalue weighted by molar-refractivity contribution is 9.10. The van der Waals surface area contributed by atoms with Gasteiger partial charge in [0.15, 0.2) is 5.11 Å². The molecule has 2 aromatic rings. The third-order valence-electron chi connectivity index (χ3n) is 4.42. The highest BCUT2D eigenvalue weighted by atomic mass is 79.9. The molecule has 0 spiro atoms. The van der Waals surface area contributed by atoms with Crippen molar-refractivity contribution in [2.24, 2.45) is 0 Å². The largest absolute Gasteiger partial charge is 0.490 e. The third kappa shape index (κ3) is 6.97. The summed E-state index contributed by atoms with van der Waals surface area (Å²) in [4.78, 5) is 12.7. The van der Waals surface area contributed by atoms with Crippen LogP contribution in [-0.4, -0.2) is 57.2 Å². The molecule has 0 unspecified atom stereocenters. The van der Waals surface area contributed by atoms with Crippen LogP contribution in [0.1, 0.15) is 24.2 Å². The van der Waals surface area contributed by atoms with Crippen LogP contribution in [-0.2, 0) is 14.8 Å². The molecule has 0 saturated heterocycles. The maximum atomic E-state index is 12.6. The minimum atomic E-state index is -3.54. The number of halogens is 1. The number of sulfonamides is 1. The fourth-order valence-electron chi connectivity index (χ4n) is 2.75. The van der Waals surface area contributed by atoms with E-state index in [2.05, 4.69) is 26.6 Å². The number of carbonyl (C=O) groups excluding carboxylic acids is 1. The van der Waals surface area contributed by atoms with Gasteiger partial charge in [0, 0.05) is 31.5 Å². The predicted molar refractivity (Wildman–Crippen MR) is 132 cm³/mol. The lowest BCUT2D eigenvalue weighted by molar-refractivity contribution is 0.0977. The first-order chi connectivity index (χ1) is 15.2. The number of nitrogens with one attached hydrogen (secondary N) is 2. The summed E-state index contributed by atoms with van der Waals surface area (Å²) in [6, 6.07) is 11.1. The molecule has 2 rings (SSSR count). The topological polar surface area (TPSA) is 97.0 Å². The molecular weight excluding hydrogens is 518 g/mol. The number of rotatable bonds is 10. The number of carbonyl (C=O) groups is 1. The molecule has 1 amide bonds. The number of hydrogen-bond donors (Lipinski definition) is 2. The Kier molecular flexibility index (Phi) is 10.0. The SMILES string of the molecule is CCN(CC)S(=O)(=O)c1ccc(NC(=S)NC(=O)c2ccc(OCCOC)c(Br)c2)cc1. The molecular formula is C21H26BrN3O5S2. The summed E-state index contributed by atoms with van der Waals surface area (Å²) in [5.41, 5.74) is 0.942. The first-order valence-electron chi connectivity index (χ1n) is 9.86. The Morgan fingerprint density at radius 1 is 1.09 bits per heavy atom. The van der Waals surface area contributed by atoms with E-state index in [0.717, 1.165) is 0 Å². The van der Waals surface area contributed by atoms with Crippen molar-refractivity contribution in [1.29, 1.82) is 0 Å². The van der Waals surface area contributed by atoms with Gasteiger partial charge in [0.1, 0.15) is 12.4 Å². The van der Waals surface area contributed by atoms with Crippen molar-refractivity contribution in [3.8, 4) is 5.75 Å². The zero-order valence-corrected chi connectivity index (χ0v) is 21.3. The van der Waals surface area contributed by atoms with Gasteiger partial charge in [0.2, 0.25) is 10.0 Å². The van der Waals surface area contributed by atoms with Crippen molar-refractivity contribution in [1.82, 2.24) is 9.62 Å². The highest BCUT2D eigenvalue weighted by Crippen LogP contribution is 2.26. The summed E-state index contributed by atoms with van der Waals surface area (Å²) in [7, 11) is -1.95. The summed E-state index contributed by atoms with van der Waals surface area (Å²) in [5.74, 6) is 0.200. The van der Waals surface area contributed by atoms with Crippen LogP contribution in [0.4, 0.5) is 5.69 Å². The molecule has 0 fully saturated rings. The lowest BCUT2D eigenvalue weighted by Crippen LogP contribution is -2.34. The lowest BCUT2D eigenvalue weighted by atomic mass is 10.2. The Bertz CT molecular complexity index is 1040. The van der Waals surface area contributed by atoms with Crippen LogP contribution in [0.15, 0.2) is 51.8 Å². The second-order valence-corrected chi connectivity index (χ2v) is 9.71. The number of ether oxygens (including phenoxy) is 2. The average molecular weight is 544 g/mol. The normalized spacial score (nSPS) is 11.3. The molecule has 8 nitrogen and oxygen atoms in total. The molecule has 0 saturated carbocycles. The van der Waals surface area contributed by atoms with Gasteiger partial charge >= 0.3 is 0 Å². The average Bonchev–Trinajstić information content (AvgIpc) is 2.76. The summed E-state index contributed by atoms with van der Waals surface area (Å²) < 4.78 is 37.6. The van der Waals surface area contributed by atoms with Crippen molar-refractivity contribution < 1.29 is 22.7 Å². The van der Waals surface area contributed by atoms with Crippen molar-refractivity contribution in [3.05, 3.63) is 52.5 Å². The fourth-order valence-corrected chi connectivity index (χ4v) is 4.92. The Morgan fingerprint density at radius 3 is 2.31 bits per heavy atom. The van der Waals surface area contributed by atoms with Crippen LogP contribution in [0.5, 0.6) is 5.75 Å². The molecule has 11 heteroatoms. The van der Waals surface area contributed by atoms with Crippen molar-refractivity contribution in [2.75, 3.05) is 38.7 Å². The molecule has 0 aliphatic heterocycles. The van der Waals surface area contributed by atoms with E-state index >= 15 is 0 Å². The minimum absolute atomic E-state index is 0.0888. The standard InChI is InChI=1S/C21H26BrN3O5S2/c1-4-25(5-2)32(27,28)17-9-7-16(8-10-17)23-21(31)24-20(26)15-6-11-19(18(22)14-15)30-13-12-29-3/h6-11,14H,4-5,12-13H2,1-3H3,(H2,23,24,26,31). The van der Waals surface area contributed by atoms with Gasteiger partial charge in [-0.2, -0.15) is 4.31 Å². The van der Waals surface area contributed by atoms with Gasteiger partial charge in [-0.3, -0.25) is 10.1 Å². The number of hydrogen-bond acceptors (Lipinski definition) is 6. The van der Waals surface area contributed by atoms with Gasteiger partial charge in [-0.05, 0) is 70.6 Å². The van der Waals surface area contributed by atoms with Gasteiger partial charge in [0.25, 0.3) is 5.91 Å². The second-order valence-electron chi connectivity index (χ2n) is 6.51. The first kappa shape index (κ1) is 26.2. The number of anilines is 1. The summed E-state index contributed by atoms with van der Waals surface area (Å²) >= 11 is 8.59. The zero-order chi connectivity index (χ0) is 23.7. The Labute approximate surface area is 202 Å². The second kappa shape index (κ2) is 12.3. The maximum Gasteiger partial charge on any atom is 0.257 e. The van der Waals surface area contributed by atoms with E-state index in [4.69, 9.17) is 21.7 Å². The molecule has 174 valence electrons. The first-order valence-corrected chi connectivity index (χ1v) is 12.5. The van der Waals surface area contributed by atoms with E-state index in [9.17, 15) is 13.2 Å². The quantitative estimate of drug-likeness (QED) is 0.348. The van der Waals surface area contributed by atoms with Gasteiger partial charge in [-0.1, -0.05) is 13.8 Å². The smallest absolute Gasteiger partial charge is 0.257 e. The van der Waals surface area contributed by atoms with E-state index in [1.165, 1.54) is 16.4 Å². The molecule has 32 heavy (non-hydrogen) atoms. The molecule has 0 aromatic heterocycles. The van der Waals surface area contributed by atoms with E-state index in [0.29, 0.717) is 47.8 Å². The summed E-state index contributed by atoms with van der Waals surface area (Å²) in [6.45, 7) is 5.22. The molecule has 0 bridgehead atoms. The molecule has 0 atom stereocenters. The van der Waals surface area contributed by atoms with Crippen LogP contribution < -0.4 is 15.4 Å². The van der Waals surface area contributed by atoms with E-state index in [1.807, 2.05) is 0 Å². The minimum Gasteiger partial charge on any atom is -0.490 e. The number of amides is 1. The summed E-state index contributed by atoms with van der Waals surface area (Å²) in [5, 5.41) is 5.57. The van der Waals surface area contributed by atoms with E-state index in [-0.39, 0.29) is 10.0 Å². The lowest BCUT2D eigenvalue weighted by Gasteiger charge is -2.18. The van der Waals surface area contributed by atoms with Gasteiger partial charge in [-0.15, -0.1) is 0 Å². The molecule has 2 N–H and O–H groups in total. The van der Waals surface area contributed by atoms with Crippen LogP contribution in [0, 0.1) is 0 Å². The number of methoxy groups -OCH3 is 1. The summed E-state index contributed by atoms with van der Waals surface area (Å²) in [6.07, 6.45) is 0. The monoisotopic (exact) mass is 543 g/mol. The molecule has 2 aromatic carbocycles. The van der Waals surface area contributed by atoms with Crippen molar-refractivity contribution in [2.45, 2.75) is 18.7 Å². The zero-order valence-electron chi connectivity index (χ0n) is 18.1.